The Morgan fingerprint density at radius 1 is 1.14 bits per heavy atom. The number of primary amides is 1. The van der Waals surface area contributed by atoms with Crippen molar-refractivity contribution in [3.8, 4) is 0 Å². The molecular formula is C12H15N7OS. The lowest BCUT2D eigenvalue weighted by atomic mass is 10.2. The maximum Gasteiger partial charge on any atom is 0.255 e. The zero-order valence-electron chi connectivity index (χ0n) is 11.3. The van der Waals surface area contributed by atoms with Crippen molar-refractivity contribution >= 4 is 34.2 Å². The smallest absolute Gasteiger partial charge is 0.255 e. The van der Waals surface area contributed by atoms with Gasteiger partial charge in [-0.15, -0.1) is 0 Å². The molecule has 0 spiro atoms. The number of piperazine rings is 1. The van der Waals surface area contributed by atoms with Gasteiger partial charge in [0.25, 0.3) is 5.91 Å². The van der Waals surface area contributed by atoms with E-state index in [9.17, 15) is 4.79 Å². The number of anilines is 3. The molecule has 110 valence electrons. The van der Waals surface area contributed by atoms with E-state index in [2.05, 4.69) is 24.1 Å². The standard InChI is InChI=1S/C12H15N7OS/c13-9-8(10(14)20)11(21-17-9)18-4-6-19(7-5-18)12-15-2-1-3-16-12/h1-3H,4-7H2,(H2,13,17)(H2,14,20). The molecule has 4 N–H and O–H groups in total. The molecule has 0 aromatic carbocycles. The van der Waals surface area contributed by atoms with Crippen LogP contribution in [-0.2, 0) is 0 Å². The molecule has 3 rings (SSSR count). The van der Waals surface area contributed by atoms with Crippen molar-refractivity contribution in [2.24, 2.45) is 5.73 Å². The molecule has 0 saturated carbocycles. The number of carbonyl (C=O) groups excluding carboxylic acids is 1. The molecule has 0 bridgehead atoms. The van der Waals surface area contributed by atoms with E-state index >= 15 is 0 Å². The first-order valence-electron chi connectivity index (χ1n) is 6.48. The zero-order chi connectivity index (χ0) is 14.8. The second-order valence-electron chi connectivity index (χ2n) is 4.64. The van der Waals surface area contributed by atoms with E-state index in [4.69, 9.17) is 11.5 Å². The molecule has 2 aromatic heterocycles. The lowest BCUT2D eigenvalue weighted by molar-refractivity contribution is 0.100. The highest BCUT2D eigenvalue weighted by atomic mass is 32.1. The van der Waals surface area contributed by atoms with Gasteiger partial charge in [-0.25, -0.2) is 9.97 Å². The lowest BCUT2D eigenvalue weighted by Gasteiger charge is -2.35. The Morgan fingerprint density at radius 3 is 2.38 bits per heavy atom. The summed E-state index contributed by atoms with van der Waals surface area (Å²) in [6.07, 6.45) is 3.45. The molecule has 1 aliphatic rings. The number of amides is 1. The van der Waals surface area contributed by atoms with Crippen molar-refractivity contribution in [1.29, 1.82) is 0 Å². The maximum absolute atomic E-state index is 11.5. The molecule has 0 unspecified atom stereocenters. The van der Waals surface area contributed by atoms with E-state index in [1.165, 1.54) is 11.5 Å². The normalized spacial score (nSPS) is 15.2. The molecule has 0 aliphatic carbocycles. The third-order valence-corrected chi connectivity index (χ3v) is 4.27. The van der Waals surface area contributed by atoms with Crippen LogP contribution in [0, 0.1) is 0 Å². The molecule has 3 heterocycles. The Bertz CT molecular complexity index is 636. The van der Waals surface area contributed by atoms with Gasteiger partial charge < -0.3 is 21.3 Å². The Labute approximate surface area is 125 Å². The van der Waals surface area contributed by atoms with E-state index < -0.39 is 5.91 Å². The third kappa shape index (κ3) is 2.59. The van der Waals surface area contributed by atoms with Gasteiger partial charge in [0.1, 0.15) is 10.6 Å². The first-order chi connectivity index (χ1) is 10.2. The fourth-order valence-electron chi connectivity index (χ4n) is 2.30. The van der Waals surface area contributed by atoms with E-state index in [1.807, 2.05) is 0 Å². The highest BCUT2D eigenvalue weighted by Crippen LogP contribution is 2.31. The van der Waals surface area contributed by atoms with Crippen LogP contribution in [-0.4, -0.2) is 46.4 Å². The maximum atomic E-state index is 11.5. The summed E-state index contributed by atoms with van der Waals surface area (Å²) in [6, 6.07) is 1.79. The minimum Gasteiger partial charge on any atom is -0.382 e. The van der Waals surface area contributed by atoms with Crippen LogP contribution in [0.1, 0.15) is 10.4 Å². The molecule has 1 aliphatic heterocycles. The Morgan fingerprint density at radius 2 is 1.76 bits per heavy atom. The highest BCUT2D eigenvalue weighted by molar-refractivity contribution is 7.11. The van der Waals surface area contributed by atoms with Crippen LogP contribution in [0.25, 0.3) is 0 Å². The highest BCUT2D eigenvalue weighted by Gasteiger charge is 2.25. The van der Waals surface area contributed by atoms with Gasteiger partial charge in [0.05, 0.1) is 0 Å². The fourth-order valence-corrected chi connectivity index (χ4v) is 3.18. The summed E-state index contributed by atoms with van der Waals surface area (Å²) in [5.41, 5.74) is 11.4. The molecular weight excluding hydrogens is 290 g/mol. The van der Waals surface area contributed by atoms with Gasteiger partial charge in [-0.1, -0.05) is 0 Å². The van der Waals surface area contributed by atoms with Crippen LogP contribution in [0.4, 0.5) is 16.8 Å². The molecule has 1 fully saturated rings. The van der Waals surface area contributed by atoms with Gasteiger partial charge in [-0.3, -0.25) is 4.79 Å². The van der Waals surface area contributed by atoms with Crippen LogP contribution in [0.2, 0.25) is 0 Å². The first-order valence-corrected chi connectivity index (χ1v) is 7.26. The Balaban J connectivity index is 1.73. The molecule has 9 heteroatoms. The summed E-state index contributed by atoms with van der Waals surface area (Å²) in [4.78, 5) is 24.1. The number of rotatable bonds is 3. The average molecular weight is 305 g/mol. The number of aromatic nitrogens is 3. The molecule has 0 radical (unpaired) electrons. The number of nitrogen functional groups attached to an aromatic ring is 1. The van der Waals surface area contributed by atoms with E-state index in [0.29, 0.717) is 5.56 Å². The molecule has 2 aromatic rings. The number of hydrogen-bond acceptors (Lipinski definition) is 8. The number of hydrogen-bond donors (Lipinski definition) is 2. The first kappa shape index (κ1) is 13.6. The minimum atomic E-state index is -0.537. The number of carbonyl (C=O) groups is 1. The van der Waals surface area contributed by atoms with Crippen LogP contribution in [0.3, 0.4) is 0 Å². The van der Waals surface area contributed by atoms with Gasteiger partial charge in [-0.05, 0) is 17.6 Å². The third-order valence-electron chi connectivity index (χ3n) is 3.35. The zero-order valence-corrected chi connectivity index (χ0v) is 12.1. The van der Waals surface area contributed by atoms with Crippen LogP contribution < -0.4 is 21.3 Å². The lowest BCUT2D eigenvalue weighted by Crippen LogP contribution is -2.47. The Hall–Kier alpha value is -2.42. The summed E-state index contributed by atoms with van der Waals surface area (Å²) in [5, 5.41) is 0.744. The van der Waals surface area contributed by atoms with Crippen LogP contribution in [0.15, 0.2) is 18.5 Å². The summed E-state index contributed by atoms with van der Waals surface area (Å²) in [5.74, 6) is 0.387. The predicted molar refractivity (Wildman–Crippen MR) is 81.5 cm³/mol. The van der Waals surface area contributed by atoms with Gasteiger partial charge >= 0.3 is 0 Å². The van der Waals surface area contributed by atoms with Crippen molar-refractivity contribution < 1.29 is 4.79 Å². The largest absolute Gasteiger partial charge is 0.382 e. The summed E-state index contributed by atoms with van der Waals surface area (Å²) >= 11 is 1.21. The fraction of sp³-hybridized carbons (Fsp3) is 0.333. The molecule has 1 saturated heterocycles. The quantitative estimate of drug-likeness (QED) is 0.816. The van der Waals surface area contributed by atoms with Gasteiger partial charge in [0.2, 0.25) is 5.95 Å². The van der Waals surface area contributed by atoms with E-state index in [0.717, 1.165) is 37.1 Å². The van der Waals surface area contributed by atoms with E-state index in [-0.39, 0.29) is 5.82 Å². The average Bonchev–Trinajstić information content (AvgIpc) is 2.90. The second kappa shape index (κ2) is 5.52. The molecule has 21 heavy (non-hydrogen) atoms. The van der Waals surface area contributed by atoms with Crippen molar-refractivity contribution in [3.63, 3.8) is 0 Å². The van der Waals surface area contributed by atoms with Crippen molar-refractivity contribution in [2.75, 3.05) is 41.7 Å². The predicted octanol–water partition coefficient (Wildman–Crippen LogP) is -0.0592. The van der Waals surface area contributed by atoms with Crippen molar-refractivity contribution in [1.82, 2.24) is 14.3 Å². The van der Waals surface area contributed by atoms with Gasteiger partial charge in [0.15, 0.2) is 5.82 Å². The molecule has 0 atom stereocenters. The summed E-state index contributed by atoms with van der Waals surface area (Å²) < 4.78 is 4.03. The van der Waals surface area contributed by atoms with Gasteiger partial charge in [0, 0.05) is 38.6 Å². The van der Waals surface area contributed by atoms with Crippen LogP contribution in [0.5, 0.6) is 0 Å². The van der Waals surface area contributed by atoms with Crippen molar-refractivity contribution in [2.45, 2.75) is 0 Å². The summed E-state index contributed by atoms with van der Waals surface area (Å²) in [7, 11) is 0. The van der Waals surface area contributed by atoms with Crippen LogP contribution >= 0.6 is 11.5 Å². The second-order valence-corrected chi connectivity index (χ2v) is 5.39. The number of nitrogens with two attached hydrogens (primary N) is 2. The van der Waals surface area contributed by atoms with Gasteiger partial charge in [-0.2, -0.15) is 4.37 Å². The monoisotopic (exact) mass is 305 g/mol. The molecule has 1 amide bonds. The van der Waals surface area contributed by atoms with Crippen molar-refractivity contribution in [3.05, 3.63) is 24.0 Å². The SMILES string of the molecule is NC(=O)c1c(N)nsc1N1CCN(c2ncccn2)CC1. The topological polar surface area (TPSA) is 114 Å². The minimum absolute atomic E-state index is 0.205. The number of nitrogens with zero attached hydrogens (tertiary/aromatic N) is 5. The molecule has 8 nitrogen and oxygen atoms in total. The van der Waals surface area contributed by atoms with E-state index in [1.54, 1.807) is 18.5 Å². The Kier molecular flexibility index (Phi) is 3.57. The summed E-state index contributed by atoms with van der Waals surface area (Å²) in [6.45, 7) is 3.00.